The van der Waals surface area contributed by atoms with Crippen molar-refractivity contribution < 1.29 is 14.7 Å². The summed E-state index contributed by atoms with van der Waals surface area (Å²) in [6.45, 7) is 7.88. The number of carbonyl (C=O) groups is 2. The van der Waals surface area contributed by atoms with Crippen molar-refractivity contribution in [2.45, 2.75) is 34.1 Å². The summed E-state index contributed by atoms with van der Waals surface area (Å²) in [5, 5.41) is 8.95. The minimum atomic E-state index is -1.03. The summed E-state index contributed by atoms with van der Waals surface area (Å²) < 4.78 is 0. The van der Waals surface area contributed by atoms with E-state index in [1.165, 1.54) is 0 Å². The predicted molar refractivity (Wildman–Crippen MR) is 61.0 cm³/mol. The standard InChI is InChI=1S/C12H17NO3/c1-7-8(5-12(2,3)4)9(6-14)13-10(7)11(15)16/h6,13H,5H2,1-4H3,(H,15,16). The molecule has 0 radical (unpaired) electrons. The van der Waals surface area contributed by atoms with Crippen LogP contribution in [0.3, 0.4) is 0 Å². The van der Waals surface area contributed by atoms with Gasteiger partial charge in [0.25, 0.3) is 0 Å². The number of carboxylic acids is 1. The van der Waals surface area contributed by atoms with E-state index in [9.17, 15) is 9.59 Å². The fraction of sp³-hybridized carbons (Fsp3) is 0.500. The number of hydrogen-bond acceptors (Lipinski definition) is 2. The van der Waals surface area contributed by atoms with Crippen molar-refractivity contribution in [1.82, 2.24) is 4.98 Å². The molecule has 0 aliphatic rings. The summed E-state index contributed by atoms with van der Waals surface area (Å²) in [7, 11) is 0. The summed E-state index contributed by atoms with van der Waals surface area (Å²) in [5.41, 5.74) is 1.97. The highest BCUT2D eigenvalue weighted by Crippen LogP contribution is 2.26. The van der Waals surface area contributed by atoms with Crippen LogP contribution in [0.15, 0.2) is 0 Å². The lowest BCUT2D eigenvalue weighted by atomic mass is 9.86. The second kappa shape index (κ2) is 4.12. The quantitative estimate of drug-likeness (QED) is 0.773. The van der Waals surface area contributed by atoms with Gasteiger partial charge in [0.15, 0.2) is 6.29 Å². The molecule has 0 spiro atoms. The third kappa shape index (κ3) is 2.51. The average Bonchev–Trinajstić information content (AvgIpc) is 2.42. The second-order valence-corrected chi connectivity index (χ2v) is 5.18. The molecule has 0 unspecified atom stereocenters. The third-order valence-corrected chi connectivity index (χ3v) is 2.45. The van der Waals surface area contributed by atoms with Gasteiger partial charge in [0.05, 0.1) is 5.69 Å². The van der Waals surface area contributed by atoms with E-state index >= 15 is 0 Å². The zero-order chi connectivity index (χ0) is 12.5. The fourth-order valence-electron chi connectivity index (χ4n) is 1.73. The van der Waals surface area contributed by atoms with Crippen LogP contribution in [0.5, 0.6) is 0 Å². The normalized spacial score (nSPS) is 11.5. The second-order valence-electron chi connectivity index (χ2n) is 5.18. The number of nitrogens with one attached hydrogen (secondary N) is 1. The Balaban J connectivity index is 3.26. The van der Waals surface area contributed by atoms with Crippen molar-refractivity contribution in [2.24, 2.45) is 5.41 Å². The van der Waals surface area contributed by atoms with Gasteiger partial charge in [-0.1, -0.05) is 20.8 Å². The Morgan fingerprint density at radius 3 is 2.38 bits per heavy atom. The van der Waals surface area contributed by atoms with Crippen LogP contribution in [0, 0.1) is 12.3 Å². The molecule has 1 aromatic rings. The smallest absolute Gasteiger partial charge is 0.352 e. The van der Waals surface area contributed by atoms with E-state index in [1.54, 1.807) is 6.92 Å². The topological polar surface area (TPSA) is 70.2 Å². The highest BCUT2D eigenvalue weighted by Gasteiger charge is 2.22. The van der Waals surface area contributed by atoms with Gasteiger partial charge in [0, 0.05) is 0 Å². The Hall–Kier alpha value is -1.58. The van der Waals surface area contributed by atoms with E-state index in [4.69, 9.17) is 5.11 Å². The molecule has 0 atom stereocenters. The molecule has 0 saturated heterocycles. The molecule has 1 rings (SSSR count). The molecule has 0 aliphatic carbocycles. The van der Waals surface area contributed by atoms with Gasteiger partial charge >= 0.3 is 5.97 Å². The van der Waals surface area contributed by atoms with Gasteiger partial charge in [-0.3, -0.25) is 4.79 Å². The monoisotopic (exact) mass is 223 g/mol. The summed E-state index contributed by atoms with van der Waals surface area (Å²) >= 11 is 0. The van der Waals surface area contributed by atoms with E-state index in [2.05, 4.69) is 25.8 Å². The van der Waals surface area contributed by atoms with E-state index in [0.29, 0.717) is 24.0 Å². The van der Waals surface area contributed by atoms with Crippen LogP contribution in [-0.4, -0.2) is 22.3 Å². The first kappa shape index (κ1) is 12.5. The van der Waals surface area contributed by atoms with Gasteiger partial charge in [-0.25, -0.2) is 4.79 Å². The zero-order valence-electron chi connectivity index (χ0n) is 10.0. The molecular formula is C12H17NO3. The third-order valence-electron chi connectivity index (χ3n) is 2.45. The van der Waals surface area contributed by atoms with Crippen LogP contribution < -0.4 is 0 Å². The lowest BCUT2D eigenvalue weighted by Crippen LogP contribution is -2.11. The Bertz CT molecular complexity index is 424. The number of H-pyrrole nitrogens is 1. The maximum absolute atomic E-state index is 10.9. The number of aldehydes is 1. The largest absolute Gasteiger partial charge is 0.477 e. The molecule has 0 amide bonds. The lowest BCUT2D eigenvalue weighted by Gasteiger charge is -2.18. The molecule has 0 bridgehead atoms. The summed E-state index contributed by atoms with van der Waals surface area (Å²) in [6.07, 6.45) is 1.36. The Labute approximate surface area is 94.7 Å². The SMILES string of the molecule is Cc1c(C(=O)O)[nH]c(C=O)c1CC(C)(C)C. The van der Waals surface area contributed by atoms with Crippen molar-refractivity contribution in [1.29, 1.82) is 0 Å². The summed E-state index contributed by atoms with van der Waals surface area (Å²) in [5.74, 6) is -1.03. The molecule has 0 fully saturated rings. The van der Waals surface area contributed by atoms with E-state index in [0.717, 1.165) is 5.56 Å². The predicted octanol–water partition coefficient (Wildman–Crippen LogP) is 2.42. The van der Waals surface area contributed by atoms with Crippen LogP contribution in [0.25, 0.3) is 0 Å². The van der Waals surface area contributed by atoms with Crippen molar-refractivity contribution in [3.8, 4) is 0 Å². The molecule has 1 aromatic heterocycles. The summed E-state index contributed by atoms with van der Waals surface area (Å²) in [6, 6.07) is 0. The maximum Gasteiger partial charge on any atom is 0.352 e. The van der Waals surface area contributed by atoms with Crippen molar-refractivity contribution in [3.63, 3.8) is 0 Å². The lowest BCUT2D eigenvalue weighted by molar-refractivity contribution is 0.0690. The van der Waals surface area contributed by atoms with E-state index in [1.807, 2.05) is 0 Å². The van der Waals surface area contributed by atoms with Gasteiger partial charge in [-0.2, -0.15) is 0 Å². The number of carboxylic acid groups (broad SMARTS) is 1. The molecule has 88 valence electrons. The average molecular weight is 223 g/mol. The molecular weight excluding hydrogens is 206 g/mol. The number of hydrogen-bond donors (Lipinski definition) is 2. The minimum absolute atomic E-state index is 0.0144. The molecule has 2 N–H and O–H groups in total. The highest BCUT2D eigenvalue weighted by atomic mass is 16.4. The van der Waals surface area contributed by atoms with Gasteiger partial charge in [-0.05, 0) is 29.9 Å². The van der Waals surface area contributed by atoms with Crippen LogP contribution in [-0.2, 0) is 6.42 Å². The minimum Gasteiger partial charge on any atom is -0.477 e. The number of aromatic carboxylic acids is 1. The van der Waals surface area contributed by atoms with Crippen LogP contribution in [0.2, 0.25) is 0 Å². The van der Waals surface area contributed by atoms with Crippen molar-refractivity contribution in [2.75, 3.05) is 0 Å². The number of rotatable bonds is 3. The maximum atomic E-state index is 10.9. The van der Waals surface area contributed by atoms with Gasteiger partial charge < -0.3 is 10.1 Å². The molecule has 0 aromatic carbocycles. The van der Waals surface area contributed by atoms with Gasteiger partial charge in [-0.15, -0.1) is 0 Å². The molecule has 4 nitrogen and oxygen atoms in total. The van der Waals surface area contributed by atoms with Crippen LogP contribution >= 0.6 is 0 Å². The van der Waals surface area contributed by atoms with Crippen LogP contribution in [0.1, 0.15) is 52.9 Å². The number of aromatic amines is 1. The Morgan fingerprint density at radius 2 is 2.00 bits per heavy atom. The summed E-state index contributed by atoms with van der Waals surface area (Å²) in [4.78, 5) is 24.5. The molecule has 0 saturated carbocycles. The van der Waals surface area contributed by atoms with E-state index < -0.39 is 5.97 Å². The number of carbonyl (C=O) groups excluding carboxylic acids is 1. The first-order chi connectivity index (χ1) is 7.26. The Morgan fingerprint density at radius 1 is 1.44 bits per heavy atom. The van der Waals surface area contributed by atoms with E-state index in [-0.39, 0.29) is 11.1 Å². The first-order valence-corrected chi connectivity index (χ1v) is 5.16. The number of aromatic nitrogens is 1. The van der Waals surface area contributed by atoms with Crippen molar-refractivity contribution in [3.05, 3.63) is 22.5 Å². The molecule has 16 heavy (non-hydrogen) atoms. The zero-order valence-corrected chi connectivity index (χ0v) is 10.0. The molecule has 1 heterocycles. The van der Waals surface area contributed by atoms with Gasteiger partial charge in [0.2, 0.25) is 0 Å². The highest BCUT2D eigenvalue weighted by molar-refractivity contribution is 5.90. The van der Waals surface area contributed by atoms with Crippen molar-refractivity contribution >= 4 is 12.3 Å². The molecule has 4 heteroatoms. The van der Waals surface area contributed by atoms with Crippen LogP contribution in [0.4, 0.5) is 0 Å². The fourth-order valence-corrected chi connectivity index (χ4v) is 1.73. The Kier molecular flexibility index (Phi) is 3.21. The van der Waals surface area contributed by atoms with Gasteiger partial charge in [0.1, 0.15) is 5.69 Å². The first-order valence-electron chi connectivity index (χ1n) is 5.16. The molecule has 0 aliphatic heterocycles.